The number of benzene rings is 1. The van der Waals surface area contributed by atoms with Crippen LogP contribution in [0.5, 0.6) is 5.75 Å². The number of amides is 1. The van der Waals surface area contributed by atoms with Crippen molar-refractivity contribution in [2.24, 2.45) is 0 Å². The third-order valence-corrected chi connectivity index (χ3v) is 4.62. The molecule has 3 rings (SSSR count). The number of anilines is 2. The van der Waals surface area contributed by atoms with Gasteiger partial charge in [-0.25, -0.2) is 4.98 Å². The number of hydrogen-bond acceptors (Lipinski definition) is 6. The molecule has 0 spiro atoms. The van der Waals surface area contributed by atoms with E-state index in [4.69, 9.17) is 9.47 Å². The number of methoxy groups -OCH3 is 2. The predicted octanol–water partition coefficient (Wildman–Crippen LogP) is 1.79. The number of piperazine rings is 1. The second kappa shape index (κ2) is 9.23. The Hall–Kier alpha value is -2.80. The van der Waals surface area contributed by atoms with Crippen molar-refractivity contribution >= 4 is 17.4 Å². The summed E-state index contributed by atoms with van der Waals surface area (Å²) in [5, 5.41) is 2.80. The summed E-state index contributed by atoms with van der Waals surface area (Å²) in [6, 6.07) is 11.9. The van der Waals surface area contributed by atoms with E-state index in [-0.39, 0.29) is 5.91 Å². The first-order valence-corrected chi connectivity index (χ1v) is 9.08. The SMILES string of the molecule is COCCNC(=O)c1ccc(N2CCN(c3cccc(OC)c3)CC2)nc1. The lowest BCUT2D eigenvalue weighted by molar-refractivity contribution is 0.0937. The fraction of sp³-hybridized carbons (Fsp3) is 0.400. The van der Waals surface area contributed by atoms with E-state index >= 15 is 0 Å². The van der Waals surface area contributed by atoms with Gasteiger partial charge >= 0.3 is 0 Å². The summed E-state index contributed by atoms with van der Waals surface area (Å²) < 4.78 is 10.2. The summed E-state index contributed by atoms with van der Waals surface area (Å²) in [4.78, 5) is 21.1. The quantitative estimate of drug-likeness (QED) is 0.750. The van der Waals surface area contributed by atoms with Crippen molar-refractivity contribution in [3.8, 4) is 5.75 Å². The van der Waals surface area contributed by atoms with Gasteiger partial charge in [0.15, 0.2) is 0 Å². The van der Waals surface area contributed by atoms with Crippen LogP contribution in [0, 0.1) is 0 Å². The molecule has 0 unspecified atom stereocenters. The average Bonchev–Trinajstić information content (AvgIpc) is 2.74. The number of hydrogen-bond donors (Lipinski definition) is 1. The Morgan fingerprint density at radius 2 is 1.89 bits per heavy atom. The van der Waals surface area contributed by atoms with Crippen LogP contribution in [0.1, 0.15) is 10.4 Å². The molecule has 144 valence electrons. The van der Waals surface area contributed by atoms with Crippen LogP contribution in [0.4, 0.5) is 11.5 Å². The molecule has 1 amide bonds. The maximum Gasteiger partial charge on any atom is 0.252 e. The second-order valence-corrected chi connectivity index (χ2v) is 6.33. The number of carbonyl (C=O) groups excluding carboxylic acids is 1. The van der Waals surface area contributed by atoms with Crippen LogP contribution in [0.15, 0.2) is 42.6 Å². The number of aromatic nitrogens is 1. The van der Waals surface area contributed by atoms with Gasteiger partial charge in [0.25, 0.3) is 5.91 Å². The molecule has 1 saturated heterocycles. The minimum Gasteiger partial charge on any atom is -0.497 e. The van der Waals surface area contributed by atoms with Crippen LogP contribution >= 0.6 is 0 Å². The van der Waals surface area contributed by atoms with Crippen LogP contribution in [0.25, 0.3) is 0 Å². The first-order chi connectivity index (χ1) is 13.2. The van der Waals surface area contributed by atoms with Gasteiger partial charge in [0.2, 0.25) is 0 Å². The molecule has 0 saturated carbocycles. The van der Waals surface area contributed by atoms with Crippen molar-refractivity contribution < 1.29 is 14.3 Å². The number of pyridine rings is 1. The van der Waals surface area contributed by atoms with Gasteiger partial charge in [0.05, 0.1) is 19.3 Å². The van der Waals surface area contributed by atoms with Crippen LogP contribution < -0.4 is 19.9 Å². The molecule has 7 heteroatoms. The van der Waals surface area contributed by atoms with Crippen LogP contribution in [0.2, 0.25) is 0 Å². The maximum absolute atomic E-state index is 12.0. The Kier molecular flexibility index (Phi) is 6.49. The van der Waals surface area contributed by atoms with Gasteiger partial charge in [-0.05, 0) is 24.3 Å². The van der Waals surface area contributed by atoms with Gasteiger partial charge in [-0.3, -0.25) is 4.79 Å². The number of ether oxygens (including phenoxy) is 2. The summed E-state index contributed by atoms with van der Waals surface area (Å²) in [5.41, 5.74) is 1.73. The van der Waals surface area contributed by atoms with Gasteiger partial charge in [0.1, 0.15) is 11.6 Å². The molecule has 1 aliphatic rings. The standard InChI is InChI=1S/C20H26N4O3/c1-26-13-8-21-20(25)16-6-7-19(22-15-16)24-11-9-23(10-12-24)17-4-3-5-18(14-17)27-2/h3-7,14-15H,8-13H2,1-2H3,(H,21,25). The van der Waals surface area contributed by atoms with Gasteiger partial charge in [-0.15, -0.1) is 0 Å². The van der Waals surface area contributed by atoms with Crippen molar-refractivity contribution in [1.29, 1.82) is 0 Å². The smallest absolute Gasteiger partial charge is 0.252 e. The topological polar surface area (TPSA) is 66.9 Å². The Morgan fingerprint density at radius 3 is 2.56 bits per heavy atom. The van der Waals surface area contributed by atoms with E-state index in [9.17, 15) is 4.79 Å². The second-order valence-electron chi connectivity index (χ2n) is 6.33. The van der Waals surface area contributed by atoms with E-state index in [2.05, 4.69) is 32.2 Å². The van der Waals surface area contributed by atoms with Crippen molar-refractivity contribution in [2.75, 3.05) is 63.4 Å². The minimum atomic E-state index is -0.131. The zero-order chi connectivity index (χ0) is 19.1. The lowest BCUT2D eigenvalue weighted by Crippen LogP contribution is -2.46. The highest BCUT2D eigenvalue weighted by atomic mass is 16.5. The molecule has 1 fully saturated rings. The molecule has 27 heavy (non-hydrogen) atoms. The summed E-state index contributed by atoms with van der Waals surface area (Å²) in [7, 11) is 3.29. The molecule has 1 aromatic heterocycles. The van der Waals surface area contributed by atoms with Crippen molar-refractivity contribution in [2.45, 2.75) is 0 Å². The van der Waals surface area contributed by atoms with Gasteiger partial charge in [-0.2, -0.15) is 0 Å². The van der Waals surface area contributed by atoms with Gasteiger partial charge in [0, 0.05) is 57.8 Å². The number of carbonyl (C=O) groups is 1. The molecule has 0 bridgehead atoms. The lowest BCUT2D eigenvalue weighted by Gasteiger charge is -2.36. The average molecular weight is 370 g/mol. The predicted molar refractivity (Wildman–Crippen MR) is 106 cm³/mol. The van der Waals surface area contributed by atoms with E-state index in [1.54, 1.807) is 20.4 Å². The van der Waals surface area contributed by atoms with E-state index in [0.717, 1.165) is 37.7 Å². The molecular formula is C20H26N4O3. The van der Waals surface area contributed by atoms with E-state index in [1.807, 2.05) is 24.3 Å². The van der Waals surface area contributed by atoms with Crippen LogP contribution in [-0.2, 0) is 4.74 Å². The largest absolute Gasteiger partial charge is 0.497 e. The lowest BCUT2D eigenvalue weighted by atomic mass is 10.2. The highest BCUT2D eigenvalue weighted by molar-refractivity contribution is 5.94. The minimum absolute atomic E-state index is 0.131. The molecule has 0 atom stereocenters. The molecule has 7 nitrogen and oxygen atoms in total. The van der Waals surface area contributed by atoms with Crippen molar-refractivity contribution in [3.63, 3.8) is 0 Å². The third-order valence-electron chi connectivity index (χ3n) is 4.62. The van der Waals surface area contributed by atoms with E-state index in [0.29, 0.717) is 18.7 Å². The van der Waals surface area contributed by atoms with Crippen molar-refractivity contribution in [1.82, 2.24) is 10.3 Å². The Bertz CT molecular complexity index is 743. The summed E-state index contributed by atoms with van der Waals surface area (Å²) in [5.74, 6) is 1.64. The van der Waals surface area contributed by atoms with Crippen molar-refractivity contribution in [3.05, 3.63) is 48.2 Å². The Morgan fingerprint density at radius 1 is 1.11 bits per heavy atom. The zero-order valence-electron chi connectivity index (χ0n) is 15.9. The molecule has 1 N–H and O–H groups in total. The highest BCUT2D eigenvalue weighted by Crippen LogP contribution is 2.23. The van der Waals surface area contributed by atoms with Crippen LogP contribution in [0.3, 0.4) is 0 Å². The molecule has 2 heterocycles. The van der Waals surface area contributed by atoms with Gasteiger partial charge in [-0.1, -0.05) is 6.07 Å². The highest BCUT2D eigenvalue weighted by Gasteiger charge is 2.19. The molecular weight excluding hydrogens is 344 g/mol. The Balaban J connectivity index is 1.55. The molecule has 2 aromatic rings. The zero-order valence-corrected chi connectivity index (χ0v) is 15.9. The normalized spacial score (nSPS) is 14.1. The Labute approximate surface area is 159 Å². The fourth-order valence-corrected chi connectivity index (χ4v) is 3.08. The monoisotopic (exact) mass is 370 g/mol. The fourth-order valence-electron chi connectivity index (χ4n) is 3.08. The molecule has 0 aliphatic carbocycles. The summed E-state index contributed by atoms with van der Waals surface area (Å²) in [6.45, 7) is 4.56. The number of nitrogens with zero attached hydrogens (tertiary/aromatic N) is 3. The molecule has 1 aliphatic heterocycles. The first-order valence-electron chi connectivity index (χ1n) is 9.08. The van der Waals surface area contributed by atoms with Gasteiger partial charge < -0.3 is 24.6 Å². The summed E-state index contributed by atoms with van der Waals surface area (Å²) >= 11 is 0. The van der Waals surface area contributed by atoms with E-state index < -0.39 is 0 Å². The maximum atomic E-state index is 12.0. The third kappa shape index (κ3) is 4.89. The number of nitrogens with one attached hydrogen (secondary N) is 1. The summed E-state index contributed by atoms with van der Waals surface area (Å²) in [6.07, 6.45) is 1.63. The molecule has 0 radical (unpaired) electrons. The van der Waals surface area contributed by atoms with E-state index in [1.165, 1.54) is 5.69 Å². The number of rotatable bonds is 7. The van der Waals surface area contributed by atoms with Crippen LogP contribution in [-0.4, -0.2) is 64.4 Å². The first kappa shape index (κ1) is 19.0. The molecule has 1 aromatic carbocycles.